The Morgan fingerprint density at radius 3 is 1.24 bits per heavy atom. The molecule has 256 valence electrons. The third kappa shape index (κ3) is 7.28. The molecule has 0 amide bonds. The molecule has 51 heavy (non-hydrogen) atoms. The maximum absolute atomic E-state index is 7.41. The summed E-state index contributed by atoms with van der Waals surface area (Å²) in [6.07, 6.45) is 4.84. The maximum Gasteiger partial charge on any atom is 0.131 e. The predicted molar refractivity (Wildman–Crippen MR) is 219 cm³/mol. The largest absolute Gasteiger partial charge is 0.489 e. The van der Waals surface area contributed by atoms with E-state index >= 15 is 0 Å². The summed E-state index contributed by atoms with van der Waals surface area (Å²) in [5.74, 6) is 2.15. The molecule has 0 aromatic heterocycles. The molecule has 0 fully saturated rings. The highest BCUT2D eigenvalue weighted by Crippen LogP contribution is 2.43. The molecule has 6 aromatic rings. The number of benzene rings is 6. The van der Waals surface area contributed by atoms with Gasteiger partial charge in [0.1, 0.15) is 23.7 Å². The number of para-hydroxylation sites is 2. The SMILES string of the molecule is Cc1cc(C)cc(P(c2cc(C)cc(C)c2)c2cccc3c2O[C@@H]2CCC[C@H](C3)Oc3c(cccc3P(c3ccccc3)c3ccccc3)C2)c1. The van der Waals surface area contributed by atoms with Gasteiger partial charge < -0.3 is 9.47 Å². The summed E-state index contributed by atoms with van der Waals surface area (Å²) in [5, 5.41) is 8.06. The number of rotatable bonds is 6. The molecule has 0 saturated carbocycles. The Kier molecular flexibility index (Phi) is 9.83. The van der Waals surface area contributed by atoms with Gasteiger partial charge in [0.25, 0.3) is 0 Å². The summed E-state index contributed by atoms with van der Waals surface area (Å²) in [6, 6.07) is 49.9. The van der Waals surface area contributed by atoms with Gasteiger partial charge in [-0.1, -0.05) is 156 Å². The van der Waals surface area contributed by atoms with Crippen molar-refractivity contribution in [2.45, 2.75) is 72.0 Å². The van der Waals surface area contributed by atoms with Crippen LogP contribution in [0.4, 0.5) is 0 Å². The monoisotopic (exact) mass is 704 g/mol. The van der Waals surface area contributed by atoms with Gasteiger partial charge >= 0.3 is 0 Å². The van der Waals surface area contributed by atoms with Crippen LogP contribution in [0.5, 0.6) is 11.5 Å². The molecule has 2 atom stereocenters. The lowest BCUT2D eigenvalue weighted by molar-refractivity contribution is 0.189. The smallest absolute Gasteiger partial charge is 0.131 e. The second kappa shape index (κ2) is 14.8. The first-order valence-electron chi connectivity index (χ1n) is 18.3. The molecule has 2 aliphatic rings. The van der Waals surface area contributed by atoms with Crippen molar-refractivity contribution in [3.63, 3.8) is 0 Å². The zero-order valence-electron chi connectivity index (χ0n) is 30.1. The summed E-state index contributed by atoms with van der Waals surface area (Å²) in [7, 11) is -1.67. The van der Waals surface area contributed by atoms with Crippen LogP contribution in [0.15, 0.2) is 133 Å². The Morgan fingerprint density at radius 2 is 0.824 bits per heavy atom. The Balaban J connectivity index is 1.25. The van der Waals surface area contributed by atoms with Crippen LogP contribution in [0.3, 0.4) is 0 Å². The highest BCUT2D eigenvalue weighted by Gasteiger charge is 2.32. The Bertz CT molecular complexity index is 2030. The summed E-state index contributed by atoms with van der Waals surface area (Å²) in [6.45, 7) is 8.88. The van der Waals surface area contributed by atoms with E-state index in [2.05, 4.69) is 161 Å². The lowest BCUT2D eigenvalue weighted by Crippen LogP contribution is -2.30. The second-order valence-corrected chi connectivity index (χ2v) is 18.8. The summed E-state index contributed by atoms with van der Waals surface area (Å²) in [5.41, 5.74) is 7.74. The molecule has 0 spiro atoms. The van der Waals surface area contributed by atoms with Crippen LogP contribution < -0.4 is 41.3 Å². The Hall–Kier alpha value is -4.22. The molecule has 0 saturated heterocycles. The van der Waals surface area contributed by atoms with Crippen molar-refractivity contribution >= 4 is 47.7 Å². The number of fused-ring (bicyclic) bond motifs is 6. The maximum atomic E-state index is 7.41. The third-order valence-electron chi connectivity index (χ3n) is 10.1. The minimum absolute atomic E-state index is 0.0503. The zero-order chi connectivity index (χ0) is 34.9. The van der Waals surface area contributed by atoms with E-state index < -0.39 is 15.8 Å². The summed E-state index contributed by atoms with van der Waals surface area (Å²) < 4.78 is 14.8. The molecule has 8 rings (SSSR count). The average molecular weight is 705 g/mol. The van der Waals surface area contributed by atoms with Gasteiger partial charge in [-0.05, 0) is 95.1 Å². The van der Waals surface area contributed by atoms with E-state index in [4.69, 9.17) is 9.47 Å². The molecule has 6 aromatic carbocycles. The molecule has 0 radical (unpaired) electrons. The third-order valence-corrected chi connectivity index (χ3v) is 15.0. The molecule has 2 nitrogen and oxygen atoms in total. The molecule has 0 N–H and O–H groups in total. The lowest BCUT2D eigenvalue weighted by atomic mass is 10.0. The molecule has 2 bridgehead atoms. The first-order valence-corrected chi connectivity index (χ1v) is 21.0. The normalized spacial score (nSPS) is 16.9. The quantitative estimate of drug-likeness (QED) is 0.161. The van der Waals surface area contributed by atoms with E-state index in [0.29, 0.717) is 0 Å². The highest BCUT2D eigenvalue weighted by molar-refractivity contribution is 7.80. The fraction of sp³-hybridized carbons (Fsp3) is 0.234. The standard InChI is InChI=1S/C47H46O2P2/c1-32-24-33(2)27-42(26-32)51(43-28-34(3)25-35(4)29-43)45-23-12-15-37-31-38-16-13-17-39(49-47(37)45)30-36-14-11-22-44(46(36)48-38)50(40-18-7-5-8-19-40)41-20-9-6-10-21-41/h5-12,14-15,18-29,38-39H,13,16-17,30-31H2,1-4H3/t38-,39-/m1/s1. The zero-order valence-corrected chi connectivity index (χ0v) is 31.9. The van der Waals surface area contributed by atoms with E-state index in [9.17, 15) is 0 Å². The van der Waals surface area contributed by atoms with Crippen LogP contribution in [0, 0.1) is 27.7 Å². The number of hydrogen-bond acceptors (Lipinski definition) is 2. The second-order valence-electron chi connectivity index (χ2n) is 14.4. The van der Waals surface area contributed by atoms with Crippen molar-refractivity contribution in [3.05, 3.63) is 167 Å². The van der Waals surface area contributed by atoms with Crippen molar-refractivity contribution < 1.29 is 9.47 Å². The molecular formula is C47H46O2P2. The van der Waals surface area contributed by atoms with Gasteiger partial charge in [0.05, 0.1) is 0 Å². The van der Waals surface area contributed by atoms with Crippen LogP contribution in [0.2, 0.25) is 0 Å². The van der Waals surface area contributed by atoms with Gasteiger partial charge in [-0.25, -0.2) is 0 Å². The van der Waals surface area contributed by atoms with Crippen molar-refractivity contribution in [3.8, 4) is 11.5 Å². The van der Waals surface area contributed by atoms with Gasteiger partial charge in [0, 0.05) is 23.5 Å². The van der Waals surface area contributed by atoms with E-state index in [1.807, 2.05) is 0 Å². The van der Waals surface area contributed by atoms with Gasteiger partial charge in [0.15, 0.2) is 0 Å². The molecule has 0 unspecified atom stereocenters. The highest BCUT2D eigenvalue weighted by atomic mass is 31.1. The molecule has 2 aliphatic heterocycles. The summed E-state index contributed by atoms with van der Waals surface area (Å²) >= 11 is 0. The van der Waals surface area contributed by atoms with Crippen molar-refractivity contribution in [1.82, 2.24) is 0 Å². The van der Waals surface area contributed by atoms with E-state index in [1.54, 1.807) is 0 Å². The van der Waals surface area contributed by atoms with Gasteiger partial charge in [0.2, 0.25) is 0 Å². The van der Waals surface area contributed by atoms with Crippen LogP contribution in [0.25, 0.3) is 0 Å². The average Bonchev–Trinajstić information content (AvgIpc) is 3.25. The minimum atomic E-state index is -0.860. The lowest BCUT2D eigenvalue weighted by Gasteiger charge is -2.31. The first-order chi connectivity index (χ1) is 24.9. The summed E-state index contributed by atoms with van der Waals surface area (Å²) in [4.78, 5) is 0. The number of ether oxygens (including phenoxy) is 2. The number of aryl methyl sites for hydroxylation is 4. The Morgan fingerprint density at radius 1 is 0.431 bits per heavy atom. The fourth-order valence-electron chi connectivity index (χ4n) is 8.06. The van der Waals surface area contributed by atoms with Crippen LogP contribution in [0.1, 0.15) is 52.6 Å². The number of hydrogen-bond donors (Lipinski definition) is 0. The fourth-order valence-corrected chi connectivity index (χ4v) is 13.3. The molecule has 2 heterocycles. The van der Waals surface area contributed by atoms with Gasteiger partial charge in [-0.3, -0.25) is 0 Å². The molecular weight excluding hydrogens is 658 g/mol. The van der Waals surface area contributed by atoms with Crippen LogP contribution >= 0.6 is 15.8 Å². The van der Waals surface area contributed by atoms with Gasteiger partial charge in [-0.2, -0.15) is 0 Å². The topological polar surface area (TPSA) is 18.5 Å². The van der Waals surface area contributed by atoms with E-state index in [1.165, 1.54) is 65.2 Å². The van der Waals surface area contributed by atoms with Crippen LogP contribution in [-0.4, -0.2) is 12.2 Å². The first kappa shape index (κ1) is 33.9. The molecule has 4 heteroatoms. The Labute approximate surface area is 306 Å². The van der Waals surface area contributed by atoms with Crippen molar-refractivity contribution in [2.75, 3.05) is 0 Å². The van der Waals surface area contributed by atoms with Crippen LogP contribution in [-0.2, 0) is 12.8 Å². The molecule has 0 aliphatic carbocycles. The predicted octanol–water partition coefficient (Wildman–Crippen LogP) is 8.91. The van der Waals surface area contributed by atoms with Crippen molar-refractivity contribution in [2.24, 2.45) is 0 Å². The van der Waals surface area contributed by atoms with Gasteiger partial charge in [-0.15, -0.1) is 0 Å². The minimum Gasteiger partial charge on any atom is -0.489 e. The van der Waals surface area contributed by atoms with E-state index in [-0.39, 0.29) is 12.2 Å². The van der Waals surface area contributed by atoms with E-state index in [0.717, 1.165) is 43.6 Å². The van der Waals surface area contributed by atoms with Crippen molar-refractivity contribution in [1.29, 1.82) is 0 Å².